The van der Waals surface area contributed by atoms with Crippen molar-refractivity contribution in [1.82, 2.24) is 0 Å². The summed E-state index contributed by atoms with van der Waals surface area (Å²) in [6.45, 7) is 3.71. The van der Waals surface area contributed by atoms with E-state index >= 15 is 0 Å². The molecule has 0 aromatic heterocycles. The van der Waals surface area contributed by atoms with Crippen molar-refractivity contribution in [3.05, 3.63) is 18.2 Å². The summed E-state index contributed by atoms with van der Waals surface area (Å²) >= 11 is 0. The highest BCUT2D eigenvalue weighted by molar-refractivity contribution is 5.93. The number of hydrogen-bond donors (Lipinski definition) is 2. The van der Waals surface area contributed by atoms with Gasteiger partial charge in [-0.3, -0.25) is 4.79 Å². The molecule has 1 aliphatic carbocycles. The van der Waals surface area contributed by atoms with Gasteiger partial charge in [0, 0.05) is 31.6 Å². The number of nitrogens with one attached hydrogen (secondary N) is 1. The highest BCUT2D eigenvalue weighted by Crippen LogP contribution is 2.40. The first kappa shape index (κ1) is 14.2. The second-order valence-electron chi connectivity index (χ2n) is 6.31. The van der Waals surface area contributed by atoms with E-state index in [1.165, 1.54) is 0 Å². The highest BCUT2D eigenvalue weighted by atomic mass is 16.7. The fourth-order valence-electron chi connectivity index (χ4n) is 3.02. The van der Waals surface area contributed by atoms with Crippen LogP contribution in [0, 0.1) is 5.92 Å². The van der Waals surface area contributed by atoms with Crippen molar-refractivity contribution in [1.29, 1.82) is 0 Å². The van der Waals surface area contributed by atoms with Crippen LogP contribution in [0.25, 0.3) is 0 Å². The zero-order chi connectivity index (χ0) is 15.0. The standard InChI is InChI=1S/C16H22N2O3/c1-16(2)20-13-8-7-10(9-14(13)21-16)18-15(19)11-5-3-4-6-12(11)17/h7-9,11-12H,3-6,17H2,1-2H3,(H,18,19). The Labute approximate surface area is 124 Å². The number of carbonyl (C=O) groups excluding carboxylic acids is 1. The predicted molar refractivity (Wildman–Crippen MR) is 80.3 cm³/mol. The topological polar surface area (TPSA) is 73.6 Å². The van der Waals surface area contributed by atoms with Crippen molar-refractivity contribution in [3.63, 3.8) is 0 Å². The van der Waals surface area contributed by atoms with Crippen LogP contribution in [0.2, 0.25) is 0 Å². The van der Waals surface area contributed by atoms with Gasteiger partial charge in [0.1, 0.15) is 0 Å². The van der Waals surface area contributed by atoms with E-state index in [9.17, 15) is 4.79 Å². The minimum absolute atomic E-state index is 0.000301. The van der Waals surface area contributed by atoms with E-state index in [1.54, 1.807) is 6.07 Å². The number of hydrogen-bond acceptors (Lipinski definition) is 4. The van der Waals surface area contributed by atoms with Crippen molar-refractivity contribution in [2.24, 2.45) is 11.7 Å². The van der Waals surface area contributed by atoms with Crippen molar-refractivity contribution in [2.75, 3.05) is 5.32 Å². The third-order valence-corrected chi connectivity index (χ3v) is 4.08. The van der Waals surface area contributed by atoms with Crippen molar-refractivity contribution < 1.29 is 14.3 Å². The van der Waals surface area contributed by atoms with Crippen LogP contribution in [-0.4, -0.2) is 17.7 Å². The van der Waals surface area contributed by atoms with E-state index in [0.29, 0.717) is 11.5 Å². The molecule has 3 N–H and O–H groups in total. The maximum Gasteiger partial charge on any atom is 0.246 e. The summed E-state index contributed by atoms with van der Waals surface area (Å²) in [5.74, 6) is 0.607. The lowest BCUT2D eigenvalue weighted by Gasteiger charge is -2.27. The molecule has 1 saturated carbocycles. The van der Waals surface area contributed by atoms with Gasteiger partial charge in [-0.1, -0.05) is 12.8 Å². The molecular weight excluding hydrogens is 268 g/mol. The van der Waals surface area contributed by atoms with Gasteiger partial charge in [-0.15, -0.1) is 0 Å². The second kappa shape index (κ2) is 5.22. The Balaban J connectivity index is 1.70. The van der Waals surface area contributed by atoms with Gasteiger partial charge in [-0.25, -0.2) is 0 Å². The van der Waals surface area contributed by atoms with E-state index in [1.807, 2.05) is 26.0 Å². The molecule has 2 unspecified atom stereocenters. The van der Waals surface area contributed by atoms with Crippen molar-refractivity contribution >= 4 is 11.6 Å². The average molecular weight is 290 g/mol. The van der Waals surface area contributed by atoms with Gasteiger partial charge in [0.05, 0.1) is 5.92 Å². The van der Waals surface area contributed by atoms with E-state index < -0.39 is 5.79 Å². The molecule has 1 fully saturated rings. The third-order valence-electron chi connectivity index (χ3n) is 4.08. The van der Waals surface area contributed by atoms with Crippen LogP contribution in [0.1, 0.15) is 39.5 Å². The molecular formula is C16H22N2O3. The van der Waals surface area contributed by atoms with Crippen LogP contribution in [0.15, 0.2) is 18.2 Å². The molecule has 1 aromatic carbocycles. The molecule has 0 bridgehead atoms. The SMILES string of the molecule is CC1(C)Oc2ccc(NC(=O)C3CCCCC3N)cc2O1. The van der Waals surface area contributed by atoms with Gasteiger partial charge in [-0.05, 0) is 25.0 Å². The molecule has 2 atom stereocenters. The molecule has 1 aromatic rings. The normalized spacial score (nSPS) is 26.4. The first-order chi connectivity index (χ1) is 9.94. The minimum atomic E-state index is -0.656. The summed E-state index contributed by atoms with van der Waals surface area (Å²) in [4.78, 5) is 12.3. The number of amides is 1. The molecule has 114 valence electrons. The van der Waals surface area contributed by atoms with Crippen LogP contribution in [0.4, 0.5) is 5.69 Å². The first-order valence-corrected chi connectivity index (χ1v) is 7.53. The summed E-state index contributed by atoms with van der Waals surface area (Å²) in [5, 5.41) is 2.94. The maximum absolute atomic E-state index is 12.3. The third kappa shape index (κ3) is 2.97. The molecule has 2 aliphatic rings. The molecule has 1 amide bonds. The van der Waals surface area contributed by atoms with Crippen molar-refractivity contribution in [2.45, 2.75) is 51.4 Å². The number of nitrogens with two attached hydrogens (primary N) is 1. The Morgan fingerprint density at radius 2 is 1.95 bits per heavy atom. The Morgan fingerprint density at radius 3 is 2.71 bits per heavy atom. The summed E-state index contributed by atoms with van der Waals surface area (Å²) < 4.78 is 11.3. The number of ether oxygens (including phenoxy) is 2. The number of carbonyl (C=O) groups is 1. The minimum Gasteiger partial charge on any atom is -0.449 e. The van der Waals surface area contributed by atoms with Gasteiger partial charge in [0.25, 0.3) is 0 Å². The largest absolute Gasteiger partial charge is 0.449 e. The number of benzene rings is 1. The predicted octanol–water partition coefficient (Wildman–Crippen LogP) is 2.65. The van der Waals surface area contributed by atoms with Crippen LogP contribution in [0.5, 0.6) is 11.5 Å². The smallest absolute Gasteiger partial charge is 0.246 e. The summed E-state index contributed by atoms with van der Waals surface area (Å²) in [5.41, 5.74) is 6.77. The second-order valence-corrected chi connectivity index (χ2v) is 6.31. The average Bonchev–Trinajstić information content (AvgIpc) is 2.72. The molecule has 3 rings (SSSR count). The van der Waals surface area contributed by atoms with Crippen molar-refractivity contribution in [3.8, 4) is 11.5 Å². The summed E-state index contributed by atoms with van der Waals surface area (Å²) in [6, 6.07) is 5.42. The van der Waals surface area contributed by atoms with Gasteiger partial charge >= 0.3 is 0 Å². The number of anilines is 1. The fraction of sp³-hybridized carbons (Fsp3) is 0.562. The first-order valence-electron chi connectivity index (χ1n) is 7.53. The summed E-state index contributed by atoms with van der Waals surface area (Å²) in [6.07, 6.45) is 3.98. The van der Waals surface area contributed by atoms with Gasteiger partial charge in [-0.2, -0.15) is 0 Å². The van der Waals surface area contributed by atoms with E-state index in [-0.39, 0.29) is 17.9 Å². The fourth-order valence-corrected chi connectivity index (χ4v) is 3.02. The molecule has 5 heteroatoms. The molecule has 1 heterocycles. The zero-order valence-corrected chi connectivity index (χ0v) is 12.5. The zero-order valence-electron chi connectivity index (χ0n) is 12.5. The van der Waals surface area contributed by atoms with Gasteiger partial charge in [0.2, 0.25) is 11.7 Å². The Bertz CT molecular complexity index is 556. The van der Waals surface area contributed by atoms with E-state index in [4.69, 9.17) is 15.2 Å². The summed E-state index contributed by atoms with van der Waals surface area (Å²) in [7, 11) is 0. The molecule has 5 nitrogen and oxygen atoms in total. The van der Waals surface area contributed by atoms with E-state index in [2.05, 4.69) is 5.32 Å². The van der Waals surface area contributed by atoms with Crippen LogP contribution >= 0.6 is 0 Å². The van der Waals surface area contributed by atoms with Crippen LogP contribution < -0.4 is 20.5 Å². The Hall–Kier alpha value is -1.75. The van der Waals surface area contributed by atoms with Gasteiger partial charge in [0.15, 0.2) is 11.5 Å². The van der Waals surface area contributed by atoms with E-state index in [0.717, 1.165) is 31.4 Å². The molecule has 0 saturated heterocycles. The molecule has 1 aliphatic heterocycles. The van der Waals surface area contributed by atoms with Crippen LogP contribution in [0.3, 0.4) is 0 Å². The maximum atomic E-state index is 12.3. The quantitative estimate of drug-likeness (QED) is 0.878. The molecule has 0 radical (unpaired) electrons. The number of rotatable bonds is 2. The van der Waals surface area contributed by atoms with Crippen LogP contribution in [-0.2, 0) is 4.79 Å². The lowest BCUT2D eigenvalue weighted by Crippen LogP contribution is -2.40. The van der Waals surface area contributed by atoms with Gasteiger partial charge < -0.3 is 20.5 Å². The lowest BCUT2D eigenvalue weighted by atomic mass is 9.84. The monoisotopic (exact) mass is 290 g/mol. The molecule has 21 heavy (non-hydrogen) atoms. The lowest BCUT2D eigenvalue weighted by molar-refractivity contribution is -0.121. The number of fused-ring (bicyclic) bond motifs is 1. The highest BCUT2D eigenvalue weighted by Gasteiger charge is 2.32. The Morgan fingerprint density at radius 1 is 1.24 bits per heavy atom. The Kier molecular flexibility index (Phi) is 3.53. The molecule has 0 spiro atoms.